The van der Waals surface area contributed by atoms with Gasteiger partial charge in [-0.1, -0.05) is 60.7 Å². The number of nitrogens with two attached hydrogens (primary N) is 1. The van der Waals surface area contributed by atoms with E-state index in [0.717, 1.165) is 0 Å². The zero-order chi connectivity index (χ0) is 23.6. The van der Waals surface area contributed by atoms with Crippen molar-refractivity contribution < 1.29 is 23.1 Å². The molecule has 0 aliphatic heterocycles. The molecule has 0 aromatic heterocycles. The quantitative estimate of drug-likeness (QED) is 0.297. The number of carbonyl (C=O) groups is 2. The Balaban J connectivity index is 1.88. The van der Waals surface area contributed by atoms with Crippen LogP contribution in [0.15, 0.2) is 95.9 Å². The van der Waals surface area contributed by atoms with Gasteiger partial charge in [-0.25, -0.2) is 18.2 Å². The van der Waals surface area contributed by atoms with Gasteiger partial charge in [0.2, 0.25) is 0 Å². The van der Waals surface area contributed by atoms with Gasteiger partial charge in [0.1, 0.15) is 0 Å². The lowest BCUT2D eigenvalue weighted by atomic mass is 10.1. The van der Waals surface area contributed by atoms with Gasteiger partial charge in [0.15, 0.2) is 0 Å². The Morgan fingerprint density at radius 2 is 1.39 bits per heavy atom. The van der Waals surface area contributed by atoms with Crippen LogP contribution < -0.4 is 15.6 Å². The van der Waals surface area contributed by atoms with Crippen molar-refractivity contribution in [2.75, 3.05) is 10.7 Å². The highest BCUT2D eigenvalue weighted by atomic mass is 32.2. The lowest BCUT2D eigenvalue weighted by Crippen LogP contribution is -2.47. The molecule has 4 aromatic rings. The van der Waals surface area contributed by atoms with Crippen LogP contribution in [0.25, 0.3) is 10.8 Å². The number of fused-ring (bicyclic) bond motifs is 1. The van der Waals surface area contributed by atoms with Crippen molar-refractivity contribution >= 4 is 44.0 Å². The number of hydrogen-bond acceptors (Lipinski definition) is 5. The third-order valence-corrected chi connectivity index (χ3v) is 6.38. The third kappa shape index (κ3) is 4.27. The number of nitrogens with one attached hydrogen (secondary N) is 1. The summed E-state index contributed by atoms with van der Waals surface area (Å²) in [6.45, 7) is 0. The summed E-state index contributed by atoms with van der Waals surface area (Å²) in [6, 6.07) is 23.4. The van der Waals surface area contributed by atoms with Crippen molar-refractivity contribution in [1.29, 1.82) is 0 Å². The number of rotatable bonds is 6. The standard InChI is InChI=1S/C24H19N3O5S/c25-20-13-5-3-11-18(20)23(28)27(21-14-6-4-12-19(21)24(29)30)26-33(31,32)22-15-7-9-16-8-1-2-10-17(16)22/h1-15,26H,25H2,(H,29,30). The smallest absolute Gasteiger partial charge is 0.337 e. The van der Waals surface area contributed by atoms with Crippen molar-refractivity contribution in [3.05, 3.63) is 102 Å². The molecule has 0 radical (unpaired) electrons. The molecule has 4 N–H and O–H groups in total. The Labute approximate surface area is 189 Å². The Kier molecular flexibility index (Phi) is 5.82. The number of nitrogen functional groups attached to an aromatic ring is 1. The second-order valence-corrected chi connectivity index (χ2v) is 8.75. The van der Waals surface area contributed by atoms with Crippen LogP contribution in [-0.4, -0.2) is 25.4 Å². The molecular weight excluding hydrogens is 442 g/mol. The largest absolute Gasteiger partial charge is 0.478 e. The van der Waals surface area contributed by atoms with E-state index in [1.165, 1.54) is 42.5 Å². The number of anilines is 2. The monoisotopic (exact) mass is 461 g/mol. The number of nitrogens with zero attached hydrogens (tertiary/aromatic N) is 1. The van der Waals surface area contributed by atoms with Gasteiger partial charge in [-0.2, -0.15) is 0 Å². The SMILES string of the molecule is Nc1ccccc1C(=O)N(NS(=O)(=O)c1cccc2ccccc12)c1ccccc1C(=O)O. The van der Waals surface area contributed by atoms with E-state index in [1.54, 1.807) is 48.5 Å². The number of benzene rings is 4. The average Bonchev–Trinajstić information content (AvgIpc) is 2.82. The van der Waals surface area contributed by atoms with Crippen molar-refractivity contribution in [2.24, 2.45) is 0 Å². The van der Waals surface area contributed by atoms with Gasteiger partial charge in [-0.05, 0) is 35.7 Å². The molecule has 0 fully saturated rings. The zero-order valence-corrected chi connectivity index (χ0v) is 18.0. The predicted molar refractivity (Wildman–Crippen MR) is 125 cm³/mol. The van der Waals surface area contributed by atoms with Crippen LogP contribution in [-0.2, 0) is 10.0 Å². The maximum atomic E-state index is 13.4. The van der Waals surface area contributed by atoms with Crippen LogP contribution >= 0.6 is 0 Å². The topological polar surface area (TPSA) is 130 Å². The molecule has 0 saturated heterocycles. The molecule has 166 valence electrons. The number of carboxylic acid groups (broad SMARTS) is 1. The van der Waals surface area contributed by atoms with Crippen LogP contribution in [0.3, 0.4) is 0 Å². The van der Waals surface area contributed by atoms with Gasteiger partial charge in [0, 0.05) is 11.1 Å². The summed E-state index contributed by atoms with van der Waals surface area (Å²) < 4.78 is 26.9. The normalized spacial score (nSPS) is 11.3. The van der Waals surface area contributed by atoms with E-state index in [0.29, 0.717) is 15.8 Å². The van der Waals surface area contributed by atoms with E-state index >= 15 is 0 Å². The van der Waals surface area contributed by atoms with E-state index in [1.807, 2.05) is 0 Å². The number of carbonyl (C=O) groups excluding carboxylic acids is 1. The highest BCUT2D eigenvalue weighted by molar-refractivity contribution is 7.89. The van der Waals surface area contributed by atoms with Crippen molar-refractivity contribution in [3.63, 3.8) is 0 Å². The number of carboxylic acids is 1. The number of amides is 1. The second-order valence-electron chi connectivity index (χ2n) is 7.12. The molecule has 4 rings (SSSR count). The molecule has 0 heterocycles. The minimum absolute atomic E-state index is 0.0123. The van der Waals surface area contributed by atoms with E-state index in [-0.39, 0.29) is 27.4 Å². The molecule has 0 spiro atoms. The van der Waals surface area contributed by atoms with Crippen molar-refractivity contribution in [1.82, 2.24) is 4.83 Å². The molecule has 4 aromatic carbocycles. The maximum Gasteiger partial charge on any atom is 0.337 e. The van der Waals surface area contributed by atoms with Gasteiger partial charge in [-0.15, -0.1) is 4.83 Å². The first-order chi connectivity index (χ1) is 15.8. The molecule has 1 amide bonds. The number of sulfonamides is 1. The van der Waals surface area contributed by atoms with Crippen LogP contribution in [0.1, 0.15) is 20.7 Å². The van der Waals surface area contributed by atoms with Crippen LogP contribution in [0, 0.1) is 0 Å². The molecular formula is C24H19N3O5S. The molecule has 8 nitrogen and oxygen atoms in total. The molecule has 9 heteroatoms. The summed E-state index contributed by atoms with van der Waals surface area (Å²) in [7, 11) is -4.32. The molecule has 0 aliphatic rings. The Morgan fingerprint density at radius 1 is 0.788 bits per heavy atom. The molecule has 0 unspecified atom stereocenters. The first-order valence-electron chi connectivity index (χ1n) is 9.81. The van der Waals surface area contributed by atoms with Gasteiger partial charge < -0.3 is 10.8 Å². The minimum atomic E-state index is -4.32. The first kappa shape index (κ1) is 22.0. The van der Waals surface area contributed by atoms with Crippen LogP contribution in [0.2, 0.25) is 0 Å². The second kappa shape index (κ2) is 8.73. The van der Waals surface area contributed by atoms with Crippen molar-refractivity contribution in [3.8, 4) is 0 Å². The fourth-order valence-electron chi connectivity index (χ4n) is 3.46. The third-order valence-electron chi connectivity index (χ3n) is 5.02. The Hall–Kier alpha value is -4.21. The summed E-state index contributed by atoms with van der Waals surface area (Å²) in [5.74, 6) is -2.15. The van der Waals surface area contributed by atoms with E-state index < -0.39 is 21.9 Å². The Bertz CT molecular complexity index is 1480. The molecule has 33 heavy (non-hydrogen) atoms. The summed E-state index contributed by atoms with van der Waals surface area (Å²) in [6.07, 6.45) is 0. The summed E-state index contributed by atoms with van der Waals surface area (Å²) >= 11 is 0. The summed E-state index contributed by atoms with van der Waals surface area (Å²) in [5.41, 5.74) is 5.66. The number of hydrazine groups is 1. The van der Waals surface area contributed by atoms with Crippen LogP contribution in [0.4, 0.5) is 11.4 Å². The minimum Gasteiger partial charge on any atom is -0.478 e. The van der Waals surface area contributed by atoms with Crippen LogP contribution in [0.5, 0.6) is 0 Å². The van der Waals surface area contributed by atoms with Gasteiger partial charge in [0.25, 0.3) is 15.9 Å². The number of aromatic carboxylic acids is 1. The van der Waals surface area contributed by atoms with E-state index in [2.05, 4.69) is 4.83 Å². The maximum absolute atomic E-state index is 13.4. The summed E-state index contributed by atoms with van der Waals surface area (Å²) in [4.78, 5) is 27.5. The Morgan fingerprint density at radius 3 is 2.12 bits per heavy atom. The lowest BCUT2D eigenvalue weighted by Gasteiger charge is -2.25. The number of para-hydroxylation sites is 2. The average molecular weight is 461 g/mol. The molecule has 0 saturated carbocycles. The fraction of sp³-hybridized carbons (Fsp3) is 0. The summed E-state index contributed by atoms with van der Waals surface area (Å²) in [5, 5.41) is 11.5. The highest BCUT2D eigenvalue weighted by Gasteiger charge is 2.29. The first-order valence-corrected chi connectivity index (χ1v) is 11.3. The van der Waals surface area contributed by atoms with Gasteiger partial charge in [-0.3, -0.25) is 4.79 Å². The molecule has 0 bridgehead atoms. The predicted octanol–water partition coefficient (Wildman–Crippen LogP) is 3.66. The molecule has 0 atom stereocenters. The van der Waals surface area contributed by atoms with Gasteiger partial charge >= 0.3 is 5.97 Å². The lowest BCUT2D eigenvalue weighted by molar-refractivity contribution is 0.0697. The van der Waals surface area contributed by atoms with Gasteiger partial charge in [0.05, 0.1) is 21.7 Å². The fourth-order valence-corrected chi connectivity index (χ4v) is 4.71. The van der Waals surface area contributed by atoms with E-state index in [9.17, 15) is 23.1 Å². The van der Waals surface area contributed by atoms with Crippen molar-refractivity contribution in [2.45, 2.75) is 4.90 Å². The molecule has 0 aliphatic carbocycles. The number of hydrogen-bond donors (Lipinski definition) is 3. The van der Waals surface area contributed by atoms with E-state index in [4.69, 9.17) is 5.73 Å². The zero-order valence-electron chi connectivity index (χ0n) is 17.2. The highest BCUT2D eigenvalue weighted by Crippen LogP contribution is 2.27.